The third-order valence-electron chi connectivity index (χ3n) is 1.50. The van der Waals surface area contributed by atoms with Gasteiger partial charge in [-0.05, 0) is 6.92 Å². The summed E-state index contributed by atoms with van der Waals surface area (Å²) in [6, 6.07) is 0. The number of carbonyl (C=O) groups is 2. The molecule has 0 aliphatic carbocycles. The Morgan fingerprint density at radius 1 is 1.43 bits per heavy atom. The van der Waals surface area contributed by atoms with Crippen LogP contribution in [0, 0.1) is 5.92 Å². The van der Waals surface area contributed by atoms with Crippen LogP contribution >= 0.6 is 11.8 Å². The van der Waals surface area contributed by atoms with Crippen molar-refractivity contribution < 1.29 is 19.1 Å². The topological polar surface area (TPSA) is 52.6 Å². The second-order valence-corrected chi connectivity index (χ2v) is 3.77. The highest BCUT2D eigenvalue weighted by Crippen LogP contribution is 2.09. The first kappa shape index (κ1) is 13.3. The van der Waals surface area contributed by atoms with Crippen molar-refractivity contribution in [1.29, 1.82) is 0 Å². The van der Waals surface area contributed by atoms with Crippen LogP contribution in [-0.4, -0.2) is 37.2 Å². The first-order valence-corrected chi connectivity index (χ1v) is 5.58. The van der Waals surface area contributed by atoms with Gasteiger partial charge in [0.1, 0.15) is 0 Å². The van der Waals surface area contributed by atoms with Crippen molar-refractivity contribution in [1.82, 2.24) is 0 Å². The van der Waals surface area contributed by atoms with Gasteiger partial charge in [0.2, 0.25) is 0 Å². The first-order chi connectivity index (χ1) is 6.61. The minimum absolute atomic E-state index is 0.181. The molecule has 0 fully saturated rings. The molecule has 0 radical (unpaired) electrons. The van der Waals surface area contributed by atoms with Crippen molar-refractivity contribution in [2.45, 2.75) is 13.8 Å². The zero-order valence-electron chi connectivity index (χ0n) is 8.74. The van der Waals surface area contributed by atoms with Gasteiger partial charge < -0.3 is 9.47 Å². The lowest BCUT2D eigenvalue weighted by atomic mass is 10.2. The number of methoxy groups -OCH3 is 1. The summed E-state index contributed by atoms with van der Waals surface area (Å²) in [5.41, 5.74) is 0. The molecule has 0 spiro atoms. The van der Waals surface area contributed by atoms with Gasteiger partial charge in [-0.1, -0.05) is 6.92 Å². The largest absolute Gasteiger partial charge is 0.469 e. The fourth-order valence-corrected chi connectivity index (χ4v) is 1.65. The Bertz CT molecular complexity index is 193. The lowest BCUT2D eigenvalue weighted by Crippen LogP contribution is -2.16. The van der Waals surface area contributed by atoms with Crippen LogP contribution in [0.2, 0.25) is 0 Å². The summed E-state index contributed by atoms with van der Waals surface area (Å²) in [5, 5.41) is 0. The minimum atomic E-state index is -0.249. The molecule has 0 aliphatic heterocycles. The highest BCUT2D eigenvalue weighted by Gasteiger charge is 2.13. The number of esters is 2. The molecule has 0 N–H and O–H groups in total. The smallest absolute Gasteiger partial charge is 0.315 e. The summed E-state index contributed by atoms with van der Waals surface area (Å²) in [5.74, 6) is 0.191. The van der Waals surface area contributed by atoms with Crippen molar-refractivity contribution in [3.63, 3.8) is 0 Å². The third kappa shape index (κ3) is 5.85. The van der Waals surface area contributed by atoms with Crippen LogP contribution in [0.1, 0.15) is 13.8 Å². The van der Waals surface area contributed by atoms with Crippen LogP contribution < -0.4 is 0 Å². The molecule has 82 valence electrons. The van der Waals surface area contributed by atoms with Gasteiger partial charge >= 0.3 is 11.9 Å². The molecule has 0 aromatic heterocycles. The van der Waals surface area contributed by atoms with Crippen molar-refractivity contribution in [3.8, 4) is 0 Å². The van der Waals surface area contributed by atoms with E-state index in [1.807, 2.05) is 0 Å². The van der Waals surface area contributed by atoms with Crippen molar-refractivity contribution in [2.24, 2.45) is 5.92 Å². The number of thioether (sulfide) groups is 1. The monoisotopic (exact) mass is 220 g/mol. The fraction of sp³-hybridized carbons (Fsp3) is 0.778. The molecule has 0 aliphatic rings. The van der Waals surface area contributed by atoms with Gasteiger partial charge in [0.05, 0.1) is 25.4 Å². The highest BCUT2D eigenvalue weighted by molar-refractivity contribution is 7.99. The summed E-state index contributed by atoms with van der Waals surface area (Å²) in [7, 11) is 1.36. The van der Waals surface area contributed by atoms with E-state index in [9.17, 15) is 9.59 Å². The third-order valence-corrected chi connectivity index (χ3v) is 2.67. The second kappa shape index (κ2) is 7.67. The zero-order valence-corrected chi connectivity index (χ0v) is 9.56. The van der Waals surface area contributed by atoms with E-state index < -0.39 is 0 Å². The lowest BCUT2D eigenvalue weighted by molar-refractivity contribution is -0.144. The van der Waals surface area contributed by atoms with Crippen LogP contribution in [0.4, 0.5) is 0 Å². The van der Waals surface area contributed by atoms with E-state index in [2.05, 4.69) is 4.74 Å². The van der Waals surface area contributed by atoms with Crippen LogP contribution in [0.25, 0.3) is 0 Å². The Morgan fingerprint density at radius 2 is 2.07 bits per heavy atom. The molecule has 0 saturated heterocycles. The number of carbonyl (C=O) groups excluding carboxylic acids is 2. The second-order valence-electron chi connectivity index (χ2n) is 2.74. The lowest BCUT2D eigenvalue weighted by Gasteiger charge is -2.07. The molecule has 1 unspecified atom stereocenters. The molecule has 0 saturated carbocycles. The Labute approximate surface area is 88.3 Å². The van der Waals surface area contributed by atoms with E-state index in [1.165, 1.54) is 18.9 Å². The van der Waals surface area contributed by atoms with Gasteiger partial charge in [-0.25, -0.2) is 0 Å². The standard InChI is InChI=1S/C9H16O4S/c1-4-13-8(10)6-14-5-7(2)9(11)12-3/h7H,4-6H2,1-3H3. The molecule has 0 rings (SSSR count). The maximum absolute atomic E-state index is 11.0. The van der Waals surface area contributed by atoms with Crippen LogP contribution in [0.5, 0.6) is 0 Å². The molecular weight excluding hydrogens is 204 g/mol. The van der Waals surface area contributed by atoms with Crippen molar-refractivity contribution in [2.75, 3.05) is 25.2 Å². The predicted molar refractivity (Wildman–Crippen MR) is 55.1 cm³/mol. The zero-order chi connectivity index (χ0) is 11.0. The Balaban J connectivity index is 3.53. The van der Waals surface area contributed by atoms with Crippen LogP contribution in [-0.2, 0) is 19.1 Å². The van der Waals surface area contributed by atoms with Gasteiger partial charge in [-0.15, -0.1) is 11.8 Å². The quantitative estimate of drug-likeness (QED) is 0.627. The predicted octanol–water partition coefficient (Wildman–Crippen LogP) is 1.09. The summed E-state index contributed by atoms with van der Waals surface area (Å²) in [6.07, 6.45) is 0. The van der Waals surface area contributed by atoms with Crippen molar-refractivity contribution in [3.05, 3.63) is 0 Å². The van der Waals surface area contributed by atoms with Crippen molar-refractivity contribution >= 4 is 23.7 Å². The van der Waals surface area contributed by atoms with E-state index in [-0.39, 0.29) is 23.6 Å². The number of hydrogen-bond acceptors (Lipinski definition) is 5. The minimum Gasteiger partial charge on any atom is -0.469 e. The number of rotatable bonds is 6. The Morgan fingerprint density at radius 3 is 2.57 bits per heavy atom. The van der Waals surface area contributed by atoms with E-state index in [0.29, 0.717) is 12.4 Å². The van der Waals surface area contributed by atoms with Crippen LogP contribution in [0.3, 0.4) is 0 Å². The van der Waals surface area contributed by atoms with Gasteiger partial charge in [0.15, 0.2) is 0 Å². The summed E-state index contributed by atoms with van der Waals surface area (Å²) in [4.78, 5) is 21.9. The molecule has 1 atom stereocenters. The molecular formula is C9H16O4S. The Kier molecular flexibility index (Phi) is 7.28. The van der Waals surface area contributed by atoms with Gasteiger partial charge in [0.25, 0.3) is 0 Å². The summed E-state index contributed by atoms with van der Waals surface area (Å²) in [6.45, 7) is 3.93. The Hall–Kier alpha value is -0.710. The molecule has 0 aromatic carbocycles. The maximum atomic E-state index is 11.0. The summed E-state index contributed by atoms with van der Waals surface area (Å²) >= 11 is 1.38. The SMILES string of the molecule is CCOC(=O)CSCC(C)C(=O)OC. The molecule has 14 heavy (non-hydrogen) atoms. The maximum Gasteiger partial charge on any atom is 0.315 e. The highest BCUT2D eigenvalue weighted by atomic mass is 32.2. The fourth-order valence-electron chi connectivity index (χ4n) is 0.791. The number of hydrogen-bond donors (Lipinski definition) is 0. The molecule has 0 bridgehead atoms. The van der Waals surface area contributed by atoms with E-state index in [1.54, 1.807) is 13.8 Å². The first-order valence-electron chi connectivity index (χ1n) is 4.43. The van der Waals surface area contributed by atoms with Crippen LogP contribution in [0.15, 0.2) is 0 Å². The molecule has 4 nitrogen and oxygen atoms in total. The normalized spacial score (nSPS) is 11.9. The number of ether oxygens (including phenoxy) is 2. The molecule has 0 aromatic rings. The van der Waals surface area contributed by atoms with Gasteiger partial charge in [-0.3, -0.25) is 9.59 Å². The average Bonchev–Trinajstić information content (AvgIpc) is 2.16. The molecule has 0 amide bonds. The van der Waals surface area contributed by atoms with Gasteiger partial charge in [0, 0.05) is 5.75 Å². The van der Waals surface area contributed by atoms with E-state index in [4.69, 9.17) is 4.74 Å². The van der Waals surface area contributed by atoms with E-state index >= 15 is 0 Å². The summed E-state index contributed by atoms with van der Waals surface area (Å²) < 4.78 is 9.28. The van der Waals surface area contributed by atoms with Gasteiger partial charge in [-0.2, -0.15) is 0 Å². The molecule has 5 heteroatoms. The molecule has 0 heterocycles. The van der Waals surface area contributed by atoms with E-state index in [0.717, 1.165) is 0 Å². The average molecular weight is 220 g/mol.